The van der Waals surface area contributed by atoms with Gasteiger partial charge in [-0.2, -0.15) is 18.3 Å². The topological polar surface area (TPSA) is 103 Å². The van der Waals surface area contributed by atoms with Gasteiger partial charge in [0.05, 0.1) is 27.9 Å². The number of rotatable bonds is 4. The Labute approximate surface area is 162 Å². The summed E-state index contributed by atoms with van der Waals surface area (Å²) in [5, 5.41) is 17.6. The molecule has 0 fully saturated rings. The number of pyridine rings is 1. The predicted molar refractivity (Wildman–Crippen MR) is 96.9 cm³/mol. The number of amides is 1. The maximum absolute atomic E-state index is 12.7. The molecular weight excluding hydrogens is 391 g/mol. The number of benzene rings is 1. The number of nitro groups is 1. The molecule has 1 N–H and O–H groups in total. The highest BCUT2D eigenvalue weighted by Gasteiger charge is 2.30. The van der Waals surface area contributed by atoms with E-state index in [0.717, 1.165) is 12.1 Å². The van der Waals surface area contributed by atoms with Crippen LogP contribution in [-0.4, -0.2) is 25.6 Å². The van der Waals surface area contributed by atoms with Crippen molar-refractivity contribution < 1.29 is 22.9 Å². The van der Waals surface area contributed by atoms with E-state index in [9.17, 15) is 28.1 Å². The minimum atomic E-state index is -4.51. The predicted octanol–water partition coefficient (Wildman–Crippen LogP) is 4.06. The number of anilines is 1. The summed E-state index contributed by atoms with van der Waals surface area (Å²) in [6.07, 6.45) is -2.58. The van der Waals surface area contributed by atoms with Crippen molar-refractivity contribution in [3.63, 3.8) is 0 Å². The van der Waals surface area contributed by atoms with Crippen molar-refractivity contribution in [1.29, 1.82) is 0 Å². The molecule has 2 aromatic heterocycles. The molecule has 0 atom stereocenters. The number of aromatic nitrogens is 3. The number of hydrogen-bond donors (Lipinski definition) is 1. The van der Waals surface area contributed by atoms with Crippen molar-refractivity contribution in [1.82, 2.24) is 14.8 Å². The summed E-state index contributed by atoms with van der Waals surface area (Å²) in [4.78, 5) is 26.8. The van der Waals surface area contributed by atoms with Gasteiger partial charge in [0.15, 0.2) is 5.82 Å². The van der Waals surface area contributed by atoms with Crippen LogP contribution in [-0.2, 0) is 6.18 Å². The Morgan fingerprint density at radius 3 is 2.48 bits per heavy atom. The summed E-state index contributed by atoms with van der Waals surface area (Å²) in [7, 11) is 0. The number of nitrogens with one attached hydrogen (secondary N) is 1. The van der Waals surface area contributed by atoms with Gasteiger partial charge in [-0.1, -0.05) is 6.07 Å². The maximum atomic E-state index is 12.7. The summed E-state index contributed by atoms with van der Waals surface area (Å²) >= 11 is 0. The summed E-state index contributed by atoms with van der Waals surface area (Å²) in [5.41, 5.74) is 0.137. The molecule has 150 valence electrons. The number of halogens is 3. The summed E-state index contributed by atoms with van der Waals surface area (Å²) in [5.74, 6) is -0.459. The van der Waals surface area contributed by atoms with E-state index in [0.29, 0.717) is 17.5 Å². The van der Waals surface area contributed by atoms with E-state index < -0.39 is 22.6 Å². The van der Waals surface area contributed by atoms with Crippen LogP contribution in [0.5, 0.6) is 0 Å². The third-order valence-electron chi connectivity index (χ3n) is 4.21. The minimum absolute atomic E-state index is 0.112. The molecule has 3 aromatic rings. The van der Waals surface area contributed by atoms with Crippen LogP contribution in [0.2, 0.25) is 0 Å². The summed E-state index contributed by atoms with van der Waals surface area (Å²) in [6.45, 7) is 3.13. The number of aryl methyl sites for hydroxylation is 1. The van der Waals surface area contributed by atoms with Crippen molar-refractivity contribution in [2.24, 2.45) is 0 Å². The SMILES string of the molecule is Cc1ccc(NC(=O)c2cnn(-c3ccc(C(F)(F)F)cn3)c2C)cc1[N+](=O)[O-]. The van der Waals surface area contributed by atoms with Gasteiger partial charge in [-0.15, -0.1) is 0 Å². The zero-order chi connectivity index (χ0) is 21.3. The Hall–Kier alpha value is -3.76. The quantitative estimate of drug-likeness (QED) is 0.521. The van der Waals surface area contributed by atoms with Crippen molar-refractivity contribution >= 4 is 17.3 Å². The lowest BCUT2D eigenvalue weighted by Gasteiger charge is -2.09. The normalized spacial score (nSPS) is 11.3. The molecule has 0 aliphatic heterocycles. The van der Waals surface area contributed by atoms with Crippen LogP contribution >= 0.6 is 0 Å². The molecular formula is C18H14F3N5O3. The first-order valence-corrected chi connectivity index (χ1v) is 8.22. The highest BCUT2D eigenvalue weighted by Crippen LogP contribution is 2.29. The van der Waals surface area contributed by atoms with Gasteiger partial charge in [-0.25, -0.2) is 9.67 Å². The van der Waals surface area contributed by atoms with Gasteiger partial charge in [0.1, 0.15) is 0 Å². The number of carbonyl (C=O) groups is 1. The molecule has 0 bridgehead atoms. The zero-order valence-electron chi connectivity index (χ0n) is 15.2. The second-order valence-corrected chi connectivity index (χ2v) is 6.17. The number of carbonyl (C=O) groups excluding carboxylic acids is 1. The van der Waals surface area contributed by atoms with Crippen molar-refractivity contribution in [2.45, 2.75) is 20.0 Å². The first kappa shape index (κ1) is 20.0. The van der Waals surface area contributed by atoms with Crippen molar-refractivity contribution in [3.8, 4) is 5.82 Å². The molecule has 3 rings (SSSR count). The molecule has 1 aromatic carbocycles. The van der Waals surface area contributed by atoms with Crippen LogP contribution in [0.1, 0.15) is 27.2 Å². The van der Waals surface area contributed by atoms with E-state index >= 15 is 0 Å². The molecule has 11 heteroatoms. The highest BCUT2D eigenvalue weighted by molar-refractivity contribution is 6.05. The third-order valence-corrected chi connectivity index (χ3v) is 4.21. The lowest BCUT2D eigenvalue weighted by molar-refractivity contribution is -0.385. The van der Waals surface area contributed by atoms with Crippen molar-refractivity contribution in [3.05, 3.63) is 75.2 Å². The molecule has 0 unspecified atom stereocenters. The van der Waals surface area contributed by atoms with E-state index in [1.807, 2.05) is 0 Å². The second-order valence-electron chi connectivity index (χ2n) is 6.17. The van der Waals surface area contributed by atoms with Crippen LogP contribution in [0.15, 0.2) is 42.7 Å². The molecule has 2 heterocycles. The third kappa shape index (κ3) is 4.08. The van der Waals surface area contributed by atoms with Gasteiger partial charge in [0.2, 0.25) is 0 Å². The van der Waals surface area contributed by atoms with Crippen LogP contribution in [0, 0.1) is 24.0 Å². The fourth-order valence-corrected chi connectivity index (χ4v) is 2.62. The smallest absolute Gasteiger partial charge is 0.322 e. The van der Waals surface area contributed by atoms with E-state index in [2.05, 4.69) is 15.4 Å². The Kier molecular flexibility index (Phi) is 5.06. The fraction of sp³-hybridized carbons (Fsp3) is 0.167. The molecule has 1 amide bonds. The number of alkyl halides is 3. The average Bonchev–Trinajstić information content (AvgIpc) is 3.04. The average molecular weight is 405 g/mol. The first-order chi connectivity index (χ1) is 13.6. The van der Waals surface area contributed by atoms with Crippen LogP contribution in [0.3, 0.4) is 0 Å². The lowest BCUT2D eigenvalue weighted by atomic mass is 10.1. The largest absolute Gasteiger partial charge is 0.417 e. The Morgan fingerprint density at radius 2 is 1.90 bits per heavy atom. The van der Waals surface area contributed by atoms with Gasteiger partial charge >= 0.3 is 6.18 Å². The lowest BCUT2D eigenvalue weighted by Crippen LogP contribution is -2.13. The number of nitrogens with zero attached hydrogens (tertiary/aromatic N) is 4. The Balaban J connectivity index is 1.85. The van der Waals surface area contributed by atoms with Crippen molar-refractivity contribution in [2.75, 3.05) is 5.32 Å². The van der Waals surface area contributed by atoms with E-state index in [1.165, 1.54) is 29.1 Å². The molecule has 8 nitrogen and oxygen atoms in total. The first-order valence-electron chi connectivity index (χ1n) is 8.22. The standard InChI is InChI=1S/C18H14F3N5O3/c1-10-3-5-13(7-15(10)26(28)29)24-17(27)14-9-23-25(11(14)2)16-6-4-12(8-22-16)18(19,20)21/h3-9H,1-2H3,(H,24,27). The van der Waals surface area contributed by atoms with E-state index in [-0.39, 0.29) is 22.8 Å². The van der Waals surface area contributed by atoms with Gasteiger partial charge in [-0.05, 0) is 32.0 Å². The minimum Gasteiger partial charge on any atom is -0.322 e. The highest BCUT2D eigenvalue weighted by atomic mass is 19.4. The van der Waals surface area contributed by atoms with Gasteiger partial charge in [0.25, 0.3) is 11.6 Å². The molecule has 0 spiro atoms. The summed E-state index contributed by atoms with van der Waals surface area (Å²) in [6, 6.07) is 6.29. The number of nitro benzene ring substituents is 1. The van der Waals surface area contributed by atoms with Crippen LogP contribution in [0.4, 0.5) is 24.5 Å². The molecule has 0 radical (unpaired) electrons. The molecule has 0 aliphatic carbocycles. The zero-order valence-corrected chi connectivity index (χ0v) is 15.2. The molecule has 29 heavy (non-hydrogen) atoms. The van der Waals surface area contributed by atoms with E-state index in [1.54, 1.807) is 13.8 Å². The monoisotopic (exact) mass is 405 g/mol. The van der Waals surface area contributed by atoms with Gasteiger partial charge in [0, 0.05) is 23.5 Å². The second kappa shape index (κ2) is 7.34. The van der Waals surface area contributed by atoms with Crippen LogP contribution < -0.4 is 5.32 Å². The molecule has 0 saturated carbocycles. The Morgan fingerprint density at radius 1 is 1.17 bits per heavy atom. The van der Waals surface area contributed by atoms with Gasteiger partial charge < -0.3 is 5.32 Å². The fourth-order valence-electron chi connectivity index (χ4n) is 2.62. The number of hydrogen-bond acceptors (Lipinski definition) is 5. The Bertz CT molecular complexity index is 1090. The molecule has 0 aliphatic rings. The van der Waals surface area contributed by atoms with Crippen LogP contribution in [0.25, 0.3) is 5.82 Å². The van der Waals surface area contributed by atoms with Gasteiger partial charge in [-0.3, -0.25) is 14.9 Å². The maximum Gasteiger partial charge on any atom is 0.417 e. The molecule has 0 saturated heterocycles. The summed E-state index contributed by atoms with van der Waals surface area (Å²) < 4.78 is 39.2. The van der Waals surface area contributed by atoms with E-state index in [4.69, 9.17) is 0 Å².